The Kier molecular flexibility index (Phi) is 4.52. The van der Waals surface area contributed by atoms with Gasteiger partial charge in [0.2, 0.25) is 0 Å². The zero-order chi connectivity index (χ0) is 13.8. The maximum absolute atomic E-state index is 10.9. The number of nitrogens with one attached hydrogen (secondary N) is 1. The highest BCUT2D eigenvalue weighted by molar-refractivity contribution is 5.70. The molecule has 1 saturated carbocycles. The highest BCUT2D eigenvalue weighted by Crippen LogP contribution is 2.24. The van der Waals surface area contributed by atoms with Crippen LogP contribution in [-0.2, 0) is 11.3 Å². The van der Waals surface area contributed by atoms with Gasteiger partial charge in [-0.3, -0.25) is 4.79 Å². The molecular formula is C13H22N4O2. The molecule has 1 aromatic rings. The quantitative estimate of drug-likeness (QED) is 0.846. The largest absolute Gasteiger partial charge is 0.481 e. The van der Waals surface area contributed by atoms with Gasteiger partial charge in [0.25, 0.3) is 0 Å². The lowest BCUT2D eigenvalue weighted by Gasteiger charge is -2.26. The van der Waals surface area contributed by atoms with E-state index in [2.05, 4.69) is 29.2 Å². The molecule has 106 valence electrons. The number of carboxylic acids is 1. The molecule has 1 aliphatic rings. The summed E-state index contributed by atoms with van der Waals surface area (Å²) in [6, 6.07) is 0.704. The number of aromatic nitrogens is 3. The van der Waals surface area contributed by atoms with Crippen molar-refractivity contribution < 1.29 is 9.90 Å². The van der Waals surface area contributed by atoms with Gasteiger partial charge < -0.3 is 10.4 Å². The monoisotopic (exact) mass is 266 g/mol. The molecular weight excluding hydrogens is 244 g/mol. The first-order chi connectivity index (χ1) is 9.08. The molecule has 0 aliphatic heterocycles. The lowest BCUT2D eigenvalue weighted by Crippen LogP contribution is -2.35. The van der Waals surface area contributed by atoms with Crippen LogP contribution in [0.3, 0.4) is 0 Å². The average molecular weight is 266 g/mol. The lowest BCUT2D eigenvalue weighted by atomic mass is 9.86. The summed E-state index contributed by atoms with van der Waals surface area (Å²) in [6.07, 6.45) is 4.96. The van der Waals surface area contributed by atoms with Crippen LogP contribution in [0.25, 0.3) is 0 Å². The van der Waals surface area contributed by atoms with Gasteiger partial charge in [-0.15, -0.1) is 0 Å². The van der Waals surface area contributed by atoms with Crippen molar-refractivity contribution >= 4 is 5.97 Å². The van der Waals surface area contributed by atoms with Crippen LogP contribution >= 0.6 is 0 Å². The van der Waals surface area contributed by atoms with Crippen molar-refractivity contribution in [1.29, 1.82) is 0 Å². The van der Waals surface area contributed by atoms with Crippen LogP contribution in [0.2, 0.25) is 0 Å². The molecule has 0 radical (unpaired) electrons. The molecule has 0 amide bonds. The molecule has 6 heteroatoms. The van der Waals surface area contributed by atoms with E-state index >= 15 is 0 Å². The van der Waals surface area contributed by atoms with Gasteiger partial charge in [-0.2, -0.15) is 5.10 Å². The second-order valence-corrected chi connectivity index (χ2v) is 5.48. The predicted molar refractivity (Wildman–Crippen MR) is 70.6 cm³/mol. The Labute approximate surface area is 113 Å². The van der Waals surface area contributed by atoms with Crippen LogP contribution in [-0.4, -0.2) is 31.9 Å². The van der Waals surface area contributed by atoms with E-state index < -0.39 is 5.97 Å². The van der Waals surface area contributed by atoms with Gasteiger partial charge in [-0.25, -0.2) is 9.67 Å². The third kappa shape index (κ3) is 3.53. The van der Waals surface area contributed by atoms with E-state index in [-0.39, 0.29) is 5.92 Å². The van der Waals surface area contributed by atoms with E-state index in [0.717, 1.165) is 31.5 Å². The summed E-state index contributed by atoms with van der Waals surface area (Å²) in [7, 11) is 0. The summed E-state index contributed by atoms with van der Waals surface area (Å²) in [6.45, 7) is 4.85. The second kappa shape index (κ2) is 6.14. The SMILES string of the molecule is CC(C)n1ncnc1CNC1CCC(C(=O)O)CC1. The minimum absolute atomic E-state index is 0.155. The predicted octanol–water partition coefficient (Wildman–Crippen LogP) is 1.59. The maximum atomic E-state index is 10.9. The molecule has 0 atom stereocenters. The zero-order valence-corrected chi connectivity index (χ0v) is 11.5. The molecule has 0 bridgehead atoms. The van der Waals surface area contributed by atoms with Crippen molar-refractivity contribution in [1.82, 2.24) is 20.1 Å². The molecule has 0 unspecified atom stereocenters. The Morgan fingerprint density at radius 2 is 2.16 bits per heavy atom. The fraction of sp³-hybridized carbons (Fsp3) is 0.769. The van der Waals surface area contributed by atoms with Crippen LogP contribution in [0, 0.1) is 5.92 Å². The van der Waals surface area contributed by atoms with E-state index in [1.54, 1.807) is 6.33 Å². The number of hydrogen-bond donors (Lipinski definition) is 2. The highest BCUT2D eigenvalue weighted by Gasteiger charge is 2.25. The molecule has 1 fully saturated rings. The van der Waals surface area contributed by atoms with Crippen molar-refractivity contribution in [2.45, 2.75) is 58.2 Å². The second-order valence-electron chi connectivity index (χ2n) is 5.48. The summed E-state index contributed by atoms with van der Waals surface area (Å²) < 4.78 is 1.91. The van der Waals surface area contributed by atoms with E-state index in [1.165, 1.54) is 0 Å². The molecule has 0 aromatic carbocycles. The third-order valence-electron chi connectivity index (χ3n) is 3.76. The minimum atomic E-state index is -0.655. The third-order valence-corrected chi connectivity index (χ3v) is 3.76. The highest BCUT2D eigenvalue weighted by atomic mass is 16.4. The van der Waals surface area contributed by atoms with E-state index in [1.807, 2.05) is 4.68 Å². The molecule has 1 heterocycles. The Hall–Kier alpha value is -1.43. The van der Waals surface area contributed by atoms with E-state index in [0.29, 0.717) is 18.6 Å². The summed E-state index contributed by atoms with van der Waals surface area (Å²) in [5.41, 5.74) is 0. The Morgan fingerprint density at radius 3 is 2.74 bits per heavy atom. The summed E-state index contributed by atoms with van der Waals surface area (Å²) >= 11 is 0. The Balaban J connectivity index is 1.80. The number of rotatable bonds is 5. The van der Waals surface area contributed by atoms with Gasteiger partial charge >= 0.3 is 5.97 Å². The van der Waals surface area contributed by atoms with E-state index in [4.69, 9.17) is 5.11 Å². The standard InChI is InChI=1S/C13H22N4O2/c1-9(2)17-12(15-8-16-17)7-14-11-5-3-10(4-6-11)13(18)19/h8-11,14H,3-7H2,1-2H3,(H,18,19). The molecule has 1 aliphatic carbocycles. The summed E-state index contributed by atoms with van der Waals surface area (Å²) in [5, 5.41) is 16.6. The fourth-order valence-electron chi connectivity index (χ4n) is 2.61. The summed E-state index contributed by atoms with van der Waals surface area (Å²) in [4.78, 5) is 15.1. The smallest absolute Gasteiger partial charge is 0.306 e. The van der Waals surface area contributed by atoms with Crippen LogP contribution in [0.5, 0.6) is 0 Å². The van der Waals surface area contributed by atoms with Crippen molar-refractivity contribution in [3.05, 3.63) is 12.2 Å². The molecule has 2 rings (SSSR count). The van der Waals surface area contributed by atoms with Gasteiger partial charge in [0.05, 0.1) is 12.5 Å². The number of aliphatic carboxylic acids is 1. The molecule has 2 N–H and O–H groups in total. The van der Waals surface area contributed by atoms with Crippen LogP contribution < -0.4 is 5.32 Å². The van der Waals surface area contributed by atoms with Crippen molar-refractivity contribution in [3.63, 3.8) is 0 Å². The van der Waals surface area contributed by atoms with Gasteiger partial charge in [-0.1, -0.05) is 0 Å². The van der Waals surface area contributed by atoms with Crippen molar-refractivity contribution in [2.24, 2.45) is 5.92 Å². The number of nitrogens with zero attached hydrogens (tertiary/aromatic N) is 3. The van der Waals surface area contributed by atoms with Gasteiger partial charge in [0.15, 0.2) is 0 Å². The first kappa shape index (κ1) is 14.0. The summed E-state index contributed by atoms with van der Waals surface area (Å²) in [5.74, 6) is 0.130. The Bertz CT molecular complexity index is 422. The average Bonchev–Trinajstić information content (AvgIpc) is 2.85. The fourth-order valence-corrected chi connectivity index (χ4v) is 2.61. The van der Waals surface area contributed by atoms with E-state index in [9.17, 15) is 4.79 Å². The normalized spacial score (nSPS) is 23.7. The van der Waals surface area contributed by atoms with Gasteiger partial charge in [0, 0.05) is 12.1 Å². The topological polar surface area (TPSA) is 80.0 Å². The number of carboxylic acid groups (broad SMARTS) is 1. The van der Waals surface area contributed by atoms with Crippen LogP contribution in [0.4, 0.5) is 0 Å². The van der Waals surface area contributed by atoms with Crippen LogP contribution in [0.15, 0.2) is 6.33 Å². The number of carbonyl (C=O) groups is 1. The van der Waals surface area contributed by atoms with Crippen molar-refractivity contribution in [2.75, 3.05) is 0 Å². The van der Waals surface area contributed by atoms with Crippen molar-refractivity contribution in [3.8, 4) is 0 Å². The molecule has 19 heavy (non-hydrogen) atoms. The lowest BCUT2D eigenvalue weighted by molar-refractivity contribution is -0.142. The molecule has 6 nitrogen and oxygen atoms in total. The minimum Gasteiger partial charge on any atom is -0.481 e. The zero-order valence-electron chi connectivity index (χ0n) is 11.5. The molecule has 0 saturated heterocycles. The molecule has 1 aromatic heterocycles. The Morgan fingerprint density at radius 1 is 1.47 bits per heavy atom. The van der Waals surface area contributed by atoms with Gasteiger partial charge in [-0.05, 0) is 39.5 Å². The van der Waals surface area contributed by atoms with Gasteiger partial charge in [0.1, 0.15) is 12.2 Å². The number of hydrogen-bond acceptors (Lipinski definition) is 4. The first-order valence-corrected chi connectivity index (χ1v) is 6.92. The van der Waals surface area contributed by atoms with Crippen LogP contribution in [0.1, 0.15) is 51.4 Å². The first-order valence-electron chi connectivity index (χ1n) is 6.92. The molecule has 0 spiro atoms. The maximum Gasteiger partial charge on any atom is 0.306 e.